The van der Waals surface area contributed by atoms with Crippen molar-refractivity contribution < 1.29 is 23.9 Å². The van der Waals surface area contributed by atoms with Crippen LogP contribution < -0.4 is 20.9 Å². The standard InChI is InChI=1S/C24H36BrN7O5S/c1-23(2,3)36-21(34)26-12-14-8-10-32(11-9-14)19-15(13-27-31(19)7)28-17(33)16-18(38-20(25)29-16)30-22(35)37-24(4,5)6/h13-14H,8-12H2,1-7H3,(H,26,34)(H,28,33)(H,30,35). The zero-order valence-corrected chi connectivity index (χ0v) is 25.2. The summed E-state index contributed by atoms with van der Waals surface area (Å²) < 4.78 is 12.8. The summed E-state index contributed by atoms with van der Waals surface area (Å²) in [5, 5.41) is 13.0. The molecule has 0 aromatic carbocycles. The summed E-state index contributed by atoms with van der Waals surface area (Å²) in [5.74, 6) is 0.607. The number of anilines is 3. The highest BCUT2D eigenvalue weighted by molar-refractivity contribution is 9.11. The SMILES string of the molecule is Cn1ncc(NC(=O)c2nc(Br)sc2NC(=O)OC(C)(C)C)c1N1CCC(CNC(=O)OC(C)(C)C)CC1. The number of aromatic nitrogens is 3. The molecule has 3 heterocycles. The summed E-state index contributed by atoms with van der Waals surface area (Å²) in [6.45, 7) is 12.8. The number of thiazole rings is 1. The van der Waals surface area contributed by atoms with Gasteiger partial charge in [0.15, 0.2) is 15.4 Å². The minimum Gasteiger partial charge on any atom is -0.444 e. The van der Waals surface area contributed by atoms with E-state index in [4.69, 9.17) is 9.47 Å². The average Bonchev–Trinajstić information content (AvgIpc) is 3.31. The van der Waals surface area contributed by atoms with Crippen LogP contribution in [0.1, 0.15) is 64.9 Å². The second-order valence-electron chi connectivity index (χ2n) is 11.0. The van der Waals surface area contributed by atoms with E-state index in [0.717, 1.165) is 43.1 Å². The number of halogens is 1. The van der Waals surface area contributed by atoms with Crippen LogP contribution in [0.4, 0.5) is 26.1 Å². The van der Waals surface area contributed by atoms with E-state index in [1.165, 1.54) is 0 Å². The maximum Gasteiger partial charge on any atom is 0.412 e. The normalized spacial score (nSPS) is 14.7. The van der Waals surface area contributed by atoms with Gasteiger partial charge in [-0.15, -0.1) is 0 Å². The van der Waals surface area contributed by atoms with E-state index in [2.05, 4.69) is 46.9 Å². The highest BCUT2D eigenvalue weighted by atomic mass is 79.9. The molecule has 0 spiro atoms. The fraction of sp³-hybridized carbons (Fsp3) is 0.625. The molecule has 3 amide bonds. The van der Waals surface area contributed by atoms with Crippen LogP contribution in [0.15, 0.2) is 10.1 Å². The number of carbonyl (C=O) groups excluding carboxylic acids is 3. The highest BCUT2D eigenvalue weighted by Crippen LogP contribution is 2.32. The molecule has 0 saturated carbocycles. The van der Waals surface area contributed by atoms with Crippen molar-refractivity contribution in [3.8, 4) is 0 Å². The van der Waals surface area contributed by atoms with Crippen molar-refractivity contribution in [1.29, 1.82) is 0 Å². The maximum atomic E-state index is 13.2. The molecule has 3 rings (SSSR count). The Bertz CT molecular complexity index is 1160. The van der Waals surface area contributed by atoms with Gasteiger partial charge in [0.2, 0.25) is 0 Å². The van der Waals surface area contributed by atoms with E-state index < -0.39 is 29.3 Å². The molecule has 0 aliphatic carbocycles. The molecule has 0 atom stereocenters. The van der Waals surface area contributed by atoms with E-state index in [0.29, 0.717) is 22.1 Å². The maximum absolute atomic E-state index is 13.2. The number of alkyl carbamates (subject to hydrolysis) is 1. The number of nitrogens with one attached hydrogen (secondary N) is 3. The molecule has 1 aliphatic rings. The van der Waals surface area contributed by atoms with Gasteiger partial charge >= 0.3 is 12.2 Å². The van der Waals surface area contributed by atoms with Crippen LogP contribution in [-0.2, 0) is 16.5 Å². The van der Waals surface area contributed by atoms with Gasteiger partial charge < -0.3 is 25.0 Å². The van der Waals surface area contributed by atoms with E-state index in [-0.39, 0.29) is 10.7 Å². The van der Waals surface area contributed by atoms with Gasteiger partial charge in [0.25, 0.3) is 5.91 Å². The van der Waals surface area contributed by atoms with Crippen molar-refractivity contribution in [3.05, 3.63) is 15.8 Å². The summed E-state index contributed by atoms with van der Waals surface area (Å²) in [6.07, 6.45) is 2.22. The fourth-order valence-electron chi connectivity index (χ4n) is 3.90. The predicted octanol–water partition coefficient (Wildman–Crippen LogP) is 4.98. The lowest BCUT2D eigenvalue weighted by atomic mass is 9.97. The molecule has 14 heteroatoms. The van der Waals surface area contributed by atoms with Gasteiger partial charge in [-0.2, -0.15) is 5.10 Å². The Kier molecular flexibility index (Phi) is 9.29. The minimum absolute atomic E-state index is 0.0643. The second kappa shape index (κ2) is 11.9. The zero-order valence-electron chi connectivity index (χ0n) is 22.8. The Labute approximate surface area is 235 Å². The fourth-order valence-corrected chi connectivity index (χ4v) is 5.23. The van der Waals surface area contributed by atoms with E-state index >= 15 is 0 Å². The Morgan fingerprint density at radius 1 is 1.05 bits per heavy atom. The molecule has 1 fully saturated rings. The third kappa shape index (κ3) is 8.58. The van der Waals surface area contributed by atoms with Gasteiger partial charge in [-0.3, -0.25) is 14.8 Å². The summed E-state index contributed by atoms with van der Waals surface area (Å²) in [7, 11) is 1.82. The van der Waals surface area contributed by atoms with Gasteiger partial charge in [0, 0.05) is 26.7 Å². The van der Waals surface area contributed by atoms with Crippen LogP contribution in [0.5, 0.6) is 0 Å². The molecular weight excluding hydrogens is 578 g/mol. The Morgan fingerprint density at radius 3 is 2.26 bits per heavy atom. The smallest absolute Gasteiger partial charge is 0.412 e. The van der Waals surface area contributed by atoms with Gasteiger partial charge in [-0.05, 0) is 76.2 Å². The monoisotopic (exact) mass is 613 g/mol. The first-order chi connectivity index (χ1) is 17.6. The van der Waals surface area contributed by atoms with Crippen LogP contribution in [0.2, 0.25) is 0 Å². The number of hydrogen-bond donors (Lipinski definition) is 3. The van der Waals surface area contributed by atoms with Gasteiger partial charge in [0.05, 0.1) is 6.20 Å². The quantitative estimate of drug-likeness (QED) is 0.414. The summed E-state index contributed by atoms with van der Waals surface area (Å²) in [4.78, 5) is 43.8. The topological polar surface area (TPSA) is 140 Å². The van der Waals surface area contributed by atoms with Crippen LogP contribution in [-0.4, -0.2) is 63.7 Å². The molecule has 210 valence electrons. The predicted molar refractivity (Wildman–Crippen MR) is 150 cm³/mol. The lowest BCUT2D eigenvalue weighted by molar-refractivity contribution is 0.0515. The van der Waals surface area contributed by atoms with Crippen molar-refractivity contribution in [2.24, 2.45) is 13.0 Å². The van der Waals surface area contributed by atoms with Crippen molar-refractivity contribution in [3.63, 3.8) is 0 Å². The first-order valence-electron chi connectivity index (χ1n) is 12.3. The summed E-state index contributed by atoms with van der Waals surface area (Å²) >= 11 is 4.40. The van der Waals surface area contributed by atoms with Gasteiger partial charge in [-0.1, -0.05) is 11.3 Å². The molecule has 0 unspecified atom stereocenters. The third-order valence-corrected chi connectivity index (χ3v) is 6.86. The molecular formula is C24H36BrN7O5S. The van der Waals surface area contributed by atoms with Gasteiger partial charge in [-0.25, -0.2) is 14.6 Å². The first-order valence-corrected chi connectivity index (χ1v) is 13.9. The van der Waals surface area contributed by atoms with Crippen molar-refractivity contribution >= 4 is 61.9 Å². The zero-order chi connectivity index (χ0) is 28.3. The highest BCUT2D eigenvalue weighted by Gasteiger charge is 2.27. The molecule has 2 aromatic rings. The molecule has 1 saturated heterocycles. The third-order valence-electron chi connectivity index (χ3n) is 5.43. The summed E-state index contributed by atoms with van der Waals surface area (Å²) in [6, 6.07) is 0. The summed E-state index contributed by atoms with van der Waals surface area (Å²) in [5.41, 5.74) is -0.613. The van der Waals surface area contributed by atoms with Crippen LogP contribution in [0, 0.1) is 5.92 Å². The molecule has 2 aromatic heterocycles. The number of carbonyl (C=O) groups is 3. The van der Waals surface area contributed by atoms with E-state index in [1.807, 2.05) is 27.8 Å². The van der Waals surface area contributed by atoms with Crippen LogP contribution >= 0.6 is 27.3 Å². The van der Waals surface area contributed by atoms with Crippen LogP contribution in [0.3, 0.4) is 0 Å². The molecule has 12 nitrogen and oxygen atoms in total. The number of aryl methyl sites for hydroxylation is 1. The van der Waals surface area contributed by atoms with Gasteiger partial charge in [0.1, 0.15) is 21.9 Å². The van der Waals surface area contributed by atoms with E-state index in [1.54, 1.807) is 31.6 Å². The molecule has 3 N–H and O–H groups in total. The number of ether oxygens (including phenoxy) is 2. The lowest BCUT2D eigenvalue weighted by Gasteiger charge is -2.34. The molecule has 1 aliphatic heterocycles. The minimum atomic E-state index is -0.682. The molecule has 0 bridgehead atoms. The lowest BCUT2D eigenvalue weighted by Crippen LogP contribution is -2.41. The second-order valence-corrected chi connectivity index (χ2v) is 13.3. The Balaban J connectivity index is 1.62. The Morgan fingerprint density at radius 2 is 1.66 bits per heavy atom. The van der Waals surface area contributed by atoms with Crippen molar-refractivity contribution in [1.82, 2.24) is 20.1 Å². The number of nitrogens with zero attached hydrogens (tertiary/aromatic N) is 4. The molecule has 38 heavy (non-hydrogen) atoms. The number of rotatable bonds is 6. The Hall–Kier alpha value is -2.87. The number of hydrogen-bond acceptors (Lipinski definition) is 9. The van der Waals surface area contributed by atoms with Crippen molar-refractivity contribution in [2.75, 3.05) is 35.2 Å². The average molecular weight is 615 g/mol. The van der Waals surface area contributed by atoms with Crippen LogP contribution in [0.25, 0.3) is 0 Å². The van der Waals surface area contributed by atoms with E-state index in [9.17, 15) is 14.4 Å². The van der Waals surface area contributed by atoms with Crippen molar-refractivity contribution in [2.45, 2.75) is 65.6 Å². The number of amides is 3. The molecule has 0 radical (unpaired) electrons. The largest absolute Gasteiger partial charge is 0.444 e. The first kappa shape index (κ1) is 29.7. The number of piperidine rings is 1.